The third-order valence-electron chi connectivity index (χ3n) is 2.28. The summed E-state index contributed by atoms with van der Waals surface area (Å²) in [7, 11) is 0. The van der Waals surface area contributed by atoms with Crippen molar-refractivity contribution in [1.29, 1.82) is 0 Å². The highest BCUT2D eigenvalue weighted by molar-refractivity contribution is 6.43. The van der Waals surface area contributed by atoms with Crippen molar-refractivity contribution in [2.75, 3.05) is 10.6 Å². The van der Waals surface area contributed by atoms with Gasteiger partial charge in [-0.3, -0.25) is 14.9 Å². The minimum absolute atomic E-state index is 0.0992. The first-order chi connectivity index (χ1) is 9.06. The number of H-pyrrole nitrogens is 1. The summed E-state index contributed by atoms with van der Waals surface area (Å²) in [5.74, 6) is -1.58. The van der Waals surface area contributed by atoms with Crippen LogP contribution in [-0.2, 0) is 9.59 Å². The second-order valence-electron chi connectivity index (χ2n) is 3.71. The predicted octanol–water partition coefficient (Wildman–Crippen LogP) is 1.34. The van der Waals surface area contributed by atoms with Gasteiger partial charge in [-0.1, -0.05) is 17.7 Å². The molecule has 0 aliphatic heterocycles. The maximum Gasteiger partial charge on any atom is 0.316 e. The van der Waals surface area contributed by atoms with Crippen molar-refractivity contribution in [1.82, 2.24) is 15.2 Å². The van der Waals surface area contributed by atoms with Crippen molar-refractivity contribution in [2.45, 2.75) is 6.92 Å². The van der Waals surface area contributed by atoms with E-state index in [1.54, 1.807) is 18.2 Å². The molecule has 3 N–H and O–H groups in total. The number of carbonyl (C=O) groups is 2. The Morgan fingerprint density at radius 1 is 1.26 bits per heavy atom. The molecule has 8 heteroatoms. The van der Waals surface area contributed by atoms with Crippen LogP contribution in [0.3, 0.4) is 0 Å². The number of carbonyl (C=O) groups excluding carboxylic acids is 2. The molecule has 0 aliphatic rings. The molecular weight excluding hydrogens is 270 g/mol. The lowest BCUT2D eigenvalue weighted by Crippen LogP contribution is -2.29. The van der Waals surface area contributed by atoms with E-state index in [0.717, 1.165) is 5.56 Å². The van der Waals surface area contributed by atoms with E-state index in [9.17, 15) is 9.59 Å². The Kier molecular flexibility index (Phi) is 3.76. The number of hydrogen-bond donors (Lipinski definition) is 3. The number of nitrogens with zero attached hydrogens (tertiary/aromatic N) is 2. The summed E-state index contributed by atoms with van der Waals surface area (Å²) in [6.45, 7) is 1.84. The highest BCUT2D eigenvalue weighted by atomic mass is 35.5. The number of halogens is 1. The Balaban J connectivity index is 2.00. The van der Waals surface area contributed by atoms with Gasteiger partial charge in [0.05, 0.1) is 0 Å². The Morgan fingerprint density at radius 3 is 2.63 bits per heavy atom. The number of rotatable bonds is 2. The predicted molar refractivity (Wildman–Crippen MR) is 69.8 cm³/mol. The van der Waals surface area contributed by atoms with E-state index in [0.29, 0.717) is 10.7 Å². The number of aryl methyl sites for hydroxylation is 1. The number of anilines is 2. The zero-order valence-electron chi connectivity index (χ0n) is 9.90. The van der Waals surface area contributed by atoms with E-state index in [1.807, 2.05) is 6.92 Å². The first-order valence-corrected chi connectivity index (χ1v) is 5.68. The fourth-order valence-corrected chi connectivity index (χ4v) is 1.47. The van der Waals surface area contributed by atoms with E-state index in [4.69, 9.17) is 11.6 Å². The molecule has 1 aromatic heterocycles. The van der Waals surface area contributed by atoms with Crippen LogP contribution >= 0.6 is 11.6 Å². The van der Waals surface area contributed by atoms with Gasteiger partial charge in [-0.25, -0.2) is 5.10 Å². The zero-order chi connectivity index (χ0) is 13.8. The zero-order valence-corrected chi connectivity index (χ0v) is 10.7. The van der Waals surface area contributed by atoms with Crippen LogP contribution in [0.4, 0.5) is 11.6 Å². The molecule has 2 amide bonds. The molecule has 0 atom stereocenters. The molecule has 0 saturated carbocycles. The van der Waals surface area contributed by atoms with Gasteiger partial charge >= 0.3 is 11.8 Å². The van der Waals surface area contributed by atoms with Crippen molar-refractivity contribution in [3.05, 3.63) is 35.1 Å². The summed E-state index contributed by atoms with van der Waals surface area (Å²) >= 11 is 5.92. The van der Waals surface area contributed by atoms with Crippen LogP contribution in [0.25, 0.3) is 0 Å². The summed E-state index contributed by atoms with van der Waals surface area (Å²) in [6, 6.07) is 4.96. The third-order valence-corrected chi connectivity index (χ3v) is 2.69. The van der Waals surface area contributed by atoms with Gasteiger partial charge in [-0.2, -0.15) is 10.1 Å². The smallest absolute Gasteiger partial charge is 0.316 e. The molecule has 1 heterocycles. The van der Waals surface area contributed by atoms with E-state index in [-0.39, 0.29) is 5.95 Å². The van der Waals surface area contributed by atoms with E-state index >= 15 is 0 Å². The molecule has 0 aliphatic carbocycles. The molecule has 98 valence electrons. The van der Waals surface area contributed by atoms with Gasteiger partial charge in [0, 0.05) is 10.7 Å². The lowest BCUT2D eigenvalue weighted by Gasteiger charge is -2.06. The van der Waals surface area contributed by atoms with Gasteiger partial charge in [0.1, 0.15) is 6.33 Å². The lowest BCUT2D eigenvalue weighted by molar-refractivity contribution is -0.133. The molecule has 7 nitrogen and oxygen atoms in total. The molecule has 0 unspecified atom stereocenters. The van der Waals surface area contributed by atoms with Crippen LogP contribution in [0.5, 0.6) is 0 Å². The Hall–Kier alpha value is -2.41. The normalized spacial score (nSPS) is 10.0. The summed E-state index contributed by atoms with van der Waals surface area (Å²) < 4.78 is 0. The Labute approximate surface area is 113 Å². The van der Waals surface area contributed by atoms with Crippen molar-refractivity contribution in [3.63, 3.8) is 0 Å². The van der Waals surface area contributed by atoms with Crippen LogP contribution in [0, 0.1) is 6.92 Å². The van der Waals surface area contributed by atoms with Crippen LogP contribution in [0.2, 0.25) is 5.02 Å². The second-order valence-corrected chi connectivity index (χ2v) is 4.11. The molecule has 0 spiro atoms. The fraction of sp³-hybridized carbons (Fsp3) is 0.0909. The minimum atomic E-state index is -0.853. The summed E-state index contributed by atoms with van der Waals surface area (Å²) in [4.78, 5) is 26.8. The minimum Gasteiger partial charge on any atom is -0.318 e. The molecule has 0 bridgehead atoms. The van der Waals surface area contributed by atoms with Crippen molar-refractivity contribution < 1.29 is 9.59 Å². The third kappa shape index (κ3) is 3.29. The Morgan fingerprint density at radius 2 is 2.00 bits per heavy atom. The summed E-state index contributed by atoms with van der Waals surface area (Å²) in [6.07, 6.45) is 1.22. The molecule has 0 saturated heterocycles. The quantitative estimate of drug-likeness (QED) is 0.722. The molecule has 19 heavy (non-hydrogen) atoms. The van der Waals surface area contributed by atoms with Gasteiger partial charge in [-0.05, 0) is 24.6 Å². The van der Waals surface area contributed by atoms with Crippen LogP contribution < -0.4 is 10.6 Å². The average Bonchev–Trinajstić information content (AvgIpc) is 2.86. The summed E-state index contributed by atoms with van der Waals surface area (Å²) in [5, 5.41) is 11.1. The van der Waals surface area contributed by atoms with Crippen molar-refractivity contribution in [2.24, 2.45) is 0 Å². The van der Waals surface area contributed by atoms with Crippen molar-refractivity contribution >= 4 is 35.1 Å². The van der Waals surface area contributed by atoms with Crippen molar-refractivity contribution in [3.8, 4) is 0 Å². The molecule has 0 radical (unpaired) electrons. The molecular formula is C11H10ClN5O2. The first kappa shape index (κ1) is 13.0. The topological polar surface area (TPSA) is 99.8 Å². The maximum atomic E-state index is 11.6. The molecule has 2 aromatic rings. The monoisotopic (exact) mass is 279 g/mol. The Bertz CT molecular complexity index is 612. The molecule has 2 rings (SSSR count). The van der Waals surface area contributed by atoms with Gasteiger partial charge in [0.2, 0.25) is 5.95 Å². The standard InChI is InChI=1S/C11H10ClN5O2/c1-6-2-3-7(4-8(6)12)15-9(18)10(19)16-11-13-5-14-17-11/h2-5H,1H3,(H,15,18)(H2,13,14,16,17,19). The molecule has 0 fully saturated rings. The number of nitrogens with one attached hydrogen (secondary N) is 3. The SMILES string of the molecule is Cc1ccc(NC(=O)C(=O)Nc2ncn[nH]2)cc1Cl. The van der Waals surface area contributed by atoms with E-state index in [2.05, 4.69) is 25.8 Å². The van der Waals surface area contributed by atoms with Gasteiger partial charge in [0.15, 0.2) is 0 Å². The number of aromatic nitrogens is 3. The second kappa shape index (κ2) is 5.49. The van der Waals surface area contributed by atoms with Gasteiger partial charge in [0.25, 0.3) is 0 Å². The van der Waals surface area contributed by atoms with E-state index in [1.165, 1.54) is 6.33 Å². The largest absolute Gasteiger partial charge is 0.318 e. The first-order valence-electron chi connectivity index (χ1n) is 5.30. The number of aromatic amines is 1. The summed E-state index contributed by atoms with van der Waals surface area (Å²) in [5.41, 5.74) is 1.32. The number of benzene rings is 1. The van der Waals surface area contributed by atoms with E-state index < -0.39 is 11.8 Å². The van der Waals surface area contributed by atoms with Crippen LogP contribution in [-0.4, -0.2) is 27.0 Å². The highest BCUT2D eigenvalue weighted by Crippen LogP contribution is 2.19. The van der Waals surface area contributed by atoms with Crippen LogP contribution in [0.15, 0.2) is 24.5 Å². The van der Waals surface area contributed by atoms with Gasteiger partial charge in [-0.15, -0.1) is 0 Å². The fourth-order valence-electron chi connectivity index (χ4n) is 1.29. The van der Waals surface area contributed by atoms with Gasteiger partial charge < -0.3 is 5.32 Å². The number of hydrogen-bond acceptors (Lipinski definition) is 4. The molecule has 1 aromatic carbocycles. The number of amides is 2. The average molecular weight is 280 g/mol. The maximum absolute atomic E-state index is 11.6. The van der Waals surface area contributed by atoms with Crippen LogP contribution in [0.1, 0.15) is 5.56 Å². The lowest BCUT2D eigenvalue weighted by atomic mass is 10.2. The highest BCUT2D eigenvalue weighted by Gasteiger charge is 2.15.